The third-order valence-corrected chi connectivity index (χ3v) is 5.28. The summed E-state index contributed by atoms with van der Waals surface area (Å²) in [6, 6.07) is 14.6. The molecule has 4 rings (SSSR count). The predicted molar refractivity (Wildman–Crippen MR) is 112 cm³/mol. The Bertz CT molecular complexity index is 1190. The second kappa shape index (κ2) is 7.87. The number of amides is 1. The molecule has 0 aliphatic rings. The summed E-state index contributed by atoms with van der Waals surface area (Å²) in [7, 11) is 0. The van der Waals surface area contributed by atoms with Crippen LogP contribution in [0.15, 0.2) is 59.7 Å². The van der Waals surface area contributed by atoms with Crippen LogP contribution in [0.1, 0.15) is 32.1 Å². The number of nitrogens with zero attached hydrogens (tertiary/aromatic N) is 3. The number of aromatic amines is 1. The van der Waals surface area contributed by atoms with E-state index in [1.807, 2.05) is 30.3 Å². The van der Waals surface area contributed by atoms with Gasteiger partial charge < -0.3 is 10.3 Å². The molecule has 0 radical (unpaired) electrons. The number of nitrogens with one attached hydrogen (secondary N) is 2. The maximum absolute atomic E-state index is 12.8. The molecule has 0 unspecified atom stereocenters. The van der Waals surface area contributed by atoms with E-state index < -0.39 is 0 Å². The molecule has 148 valence electrons. The van der Waals surface area contributed by atoms with Gasteiger partial charge >= 0.3 is 0 Å². The minimum atomic E-state index is -0.274. The number of benzene rings is 2. The Kier molecular flexibility index (Phi) is 5.12. The molecule has 2 N–H and O–H groups in total. The molecule has 0 aliphatic carbocycles. The first-order valence-corrected chi connectivity index (χ1v) is 9.75. The van der Waals surface area contributed by atoms with Gasteiger partial charge in [0, 0.05) is 0 Å². The summed E-state index contributed by atoms with van der Waals surface area (Å²) in [5.74, 6) is 0.638. The highest BCUT2D eigenvalue weighted by Crippen LogP contribution is 2.24. The summed E-state index contributed by atoms with van der Waals surface area (Å²) < 4.78 is 1.34. The van der Waals surface area contributed by atoms with Crippen LogP contribution in [0.5, 0.6) is 0 Å². The number of H-pyrrole nitrogens is 1. The van der Waals surface area contributed by atoms with E-state index in [1.165, 1.54) is 10.9 Å². The Balaban J connectivity index is 1.59. The Morgan fingerprint density at radius 3 is 2.62 bits per heavy atom. The van der Waals surface area contributed by atoms with Gasteiger partial charge in [0.1, 0.15) is 12.4 Å². The Labute approximate surface area is 167 Å². The number of carbonyl (C=O) groups is 1. The van der Waals surface area contributed by atoms with E-state index in [4.69, 9.17) is 0 Å². The van der Waals surface area contributed by atoms with E-state index in [2.05, 4.69) is 34.1 Å². The highest BCUT2D eigenvalue weighted by atomic mass is 16.2. The molecule has 2 atom stereocenters. The molecule has 1 amide bonds. The molecule has 2 aromatic heterocycles. The molecule has 0 aliphatic heterocycles. The van der Waals surface area contributed by atoms with Crippen molar-refractivity contribution in [1.82, 2.24) is 24.8 Å². The van der Waals surface area contributed by atoms with Crippen molar-refractivity contribution in [2.75, 3.05) is 0 Å². The third kappa shape index (κ3) is 3.76. The topological polar surface area (TPSA) is 92.7 Å². The van der Waals surface area contributed by atoms with Gasteiger partial charge in [-0.25, -0.2) is 9.97 Å². The van der Waals surface area contributed by atoms with Crippen LogP contribution in [0.25, 0.3) is 21.9 Å². The molecule has 2 heterocycles. The normalized spacial score (nSPS) is 13.4. The number of hydrogen-bond donors (Lipinski definition) is 2. The predicted octanol–water partition coefficient (Wildman–Crippen LogP) is 3.18. The van der Waals surface area contributed by atoms with Gasteiger partial charge in [0.25, 0.3) is 5.56 Å². The summed E-state index contributed by atoms with van der Waals surface area (Å²) in [6.45, 7) is 4.05. The van der Waals surface area contributed by atoms with Crippen LogP contribution in [0, 0.1) is 5.92 Å². The van der Waals surface area contributed by atoms with Crippen molar-refractivity contribution in [3.05, 3.63) is 71.0 Å². The number of carbonyl (C=O) groups excluding carboxylic acids is 1. The number of fused-ring (bicyclic) bond motifs is 2. The molecular weight excluding hydrogens is 366 g/mol. The smallest absolute Gasteiger partial charge is 0.261 e. The Hall–Kier alpha value is -3.48. The van der Waals surface area contributed by atoms with E-state index in [-0.39, 0.29) is 30.0 Å². The van der Waals surface area contributed by atoms with Gasteiger partial charge in [0.2, 0.25) is 5.91 Å². The van der Waals surface area contributed by atoms with Gasteiger partial charge in [0.15, 0.2) is 0 Å². The van der Waals surface area contributed by atoms with E-state index in [9.17, 15) is 9.59 Å². The molecule has 0 fully saturated rings. The number of para-hydroxylation sites is 3. The second-order valence-corrected chi connectivity index (χ2v) is 7.26. The zero-order valence-corrected chi connectivity index (χ0v) is 16.4. The van der Waals surface area contributed by atoms with E-state index in [0.717, 1.165) is 23.3 Å². The van der Waals surface area contributed by atoms with Crippen molar-refractivity contribution >= 4 is 27.8 Å². The summed E-state index contributed by atoms with van der Waals surface area (Å²) in [6.07, 6.45) is 2.29. The van der Waals surface area contributed by atoms with Crippen molar-refractivity contribution in [3.63, 3.8) is 0 Å². The van der Waals surface area contributed by atoms with Crippen LogP contribution in [-0.2, 0) is 11.3 Å². The number of imidazole rings is 1. The van der Waals surface area contributed by atoms with Crippen LogP contribution in [0.2, 0.25) is 0 Å². The lowest BCUT2D eigenvalue weighted by molar-refractivity contribution is -0.122. The first-order valence-electron chi connectivity index (χ1n) is 9.75. The first-order chi connectivity index (χ1) is 14.1. The SMILES string of the molecule is CC[C@@H](C)[C@@H](NC(=O)Cn1cnc2ccccc2c1=O)c1nc2ccccc2[nH]1. The molecular formula is C22H23N5O2. The summed E-state index contributed by atoms with van der Waals surface area (Å²) in [5.41, 5.74) is 2.18. The lowest BCUT2D eigenvalue weighted by Gasteiger charge is -2.22. The van der Waals surface area contributed by atoms with Gasteiger partial charge in [0.05, 0.1) is 34.3 Å². The number of hydrogen-bond acceptors (Lipinski definition) is 4. The largest absolute Gasteiger partial charge is 0.344 e. The molecule has 2 aromatic carbocycles. The Morgan fingerprint density at radius 2 is 1.86 bits per heavy atom. The fourth-order valence-electron chi connectivity index (χ4n) is 3.43. The minimum Gasteiger partial charge on any atom is -0.344 e. The van der Waals surface area contributed by atoms with Crippen molar-refractivity contribution < 1.29 is 4.79 Å². The maximum atomic E-state index is 12.8. The molecule has 7 nitrogen and oxygen atoms in total. The van der Waals surface area contributed by atoms with Crippen LogP contribution in [-0.4, -0.2) is 25.4 Å². The molecule has 4 aromatic rings. The quantitative estimate of drug-likeness (QED) is 0.530. The lowest BCUT2D eigenvalue weighted by Crippen LogP contribution is -2.37. The number of rotatable bonds is 6. The number of aromatic nitrogens is 4. The molecule has 0 saturated heterocycles. The van der Waals surface area contributed by atoms with Gasteiger partial charge in [-0.15, -0.1) is 0 Å². The van der Waals surface area contributed by atoms with Crippen molar-refractivity contribution in [2.45, 2.75) is 32.9 Å². The summed E-state index contributed by atoms with van der Waals surface area (Å²) in [4.78, 5) is 37.7. The molecule has 0 saturated carbocycles. The first kappa shape index (κ1) is 18.9. The fourth-order valence-corrected chi connectivity index (χ4v) is 3.43. The fraction of sp³-hybridized carbons (Fsp3) is 0.273. The van der Waals surface area contributed by atoms with Crippen LogP contribution >= 0.6 is 0 Å². The lowest BCUT2D eigenvalue weighted by atomic mass is 9.98. The highest BCUT2D eigenvalue weighted by Gasteiger charge is 2.24. The highest BCUT2D eigenvalue weighted by molar-refractivity contribution is 5.79. The van der Waals surface area contributed by atoms with Gasteiger partial charge in [-0.2, -0.15) is 0 Å². The average molecular weight is 389 g/mol. The maximum Gasteiger partial charge on any atom is 0.261 e. The van der Waals surface area contributed by atoms with Crippen LogP contribution < -0.4 is 10.9 Å². The molecule has 0 bridgehead atoms. The summed E-state index contributed by atoms with van der Waals surface area (Å²) >= 11 is 0. The second-order valence-electron chi connectivity index (χ2n) is 7.26. The van der Waals surface area contributed by atoms with Crippen LogP contribution in [0.3, 0.4) is 0 Å². The average Bonchev–Trinajstić information content (AvgIpc) is 3.17. The minimum absolute atomic E-state index is 0.0934. The van der Waals surface area contributed by atoms with E-state index in [1.54, 1.807) is 18.2 Å². The van der Waals surface area contributed by atoms with Gasteiger partial charge in [-0.3, -0.25) is 14.2 Å². The van der Waals surface area contributed by atoms with E-state index in [0.29, 0.717) is 10.9 Å². The van der Waals surface area contributed by atoms with Gasteiger partial charge in [-0.1, -0.05) is 44.5 Å². The van der Waals surface area contributed by atoms with E-state index >= 15 is 0 Å². The zero-order chi connectivity index (χ0) is 20.4. The molecule has 0 spiro atoms. The van der Waals surface area contributed by atoms with Crippen LogP contribution in [0.4, 0.5) is 0 Å². The van der Waals surface area contributed by atoms with Crippen molar-refractivity contribution in [3.8, 4) is 0 Å². The zero-order valence-electron chi connectivity index (χ0n) is 16.4. The van der Waals surface area contributed by atoms with Crippen molar-refractivity contribution in [2.24, 2.45) is 5.92 Å². The summed E-state index contributed by atoms with van der Waals surface area (Å²) in [5, 5.41) is 3.55. The third-order valence-electron chi connectivity index (χ3n) is 5.28. The Morgan fingerprint density at radius 1 is 1.14 bits per heavy atom. The monoisotopic (exact) mass is 389 g/mol. The standard InChI is InChI=1S/C22H23N5O2/c1-3-14(2)20(21-24-17-10-6-7-11-18(17)25-21)26-19(28)12-27-13-23-16-9-5-4-8-15(16)22(27)29/h4-11,13-14,20H,3,12H2,1-2H3,(H,24,25)(H,26,28)/t14-,20-/m1/s1. The van der Waals surface area contributed by atoms with Gasteiger partial charge in [-0.05, 0) is 30.2 Å². The molecule has 29 heavy (non-hydrogen) atoms. The molecule has 7 heteroatoms. The van der Waals surface area contributed by atoms with Crippen molar-refractivity contribution in [1.29, 1.82) is 0 Å².